The number of imide groups is 2. The van der Waals surface area contributed by atoms with Gasteiger partial charge in [0.25, 0.3) is 5.91 Å². The van der Waals surface area contributed by atoms with Crippen LogP contribution < -0.4 is 25.4 Å². The van der Waals surface area contributed by atoms with Crippen LogP contribution in [0.15, 0.2) is 42.5 Å². The molecule has 2 aliphatic heterocycles. The Morgan fingerprint density at radius 1 is 1.09 bits per heavy atom. The number of halogens is 1. The molecule has 10 nitrogen and oxygen atoms in total. The van der Waals surface area contributed by atoms with Crippen LogP contribution in [0.4, 0.5) is 15.3 Å². The molecule has 0 unspecified atom stereocenters. The van der Waals surface area contributed by atoms with E-state index in [2.05, 4.69) is 16.0 Å². The molecule has 0 saturated carbocycles. The lowest BCUT2D eigenvalue weighted by Gasteiger charge is -2.22. The summed E-state index contributed by atoms with van der Waals surface area (Å²) in [5.41, 5.74) is -0.459. The average Bonchev–Trinajstić information content (AvgIpc) is 2.97. The van der Waals surface area contributed by atoms with Gasteiger partial charge < -0.3 is 20.1 Å². The Hall–Kier alpha value is -3.79. The van der Waals surface area contributed by atoms with E-state index in [0.29, 0.717) is 41.0 Å². The van der Waals surface area contributed by atoms with Gasteiger partial charge in [-0.25, -0.2) is 9.59 Å². The fraction of sp³-hybridized carbons (Fsp3) is 0.238. The van der Waals surface area contributed by atoms with Crippen molar-refractivity contribution in [3.8, 4) is 11.5 Å². The first-order valence-corrected chi connectivity index (χ1v) is 10.0. The monoisotopic (exact) mass is 458 g/mol. The molecule has 1 atom stereocenters. The molecular weight excluding hydrogens is 440 g/mol. The third kappa shape index (κ3) is 4.17. The molecule has 0 spiro atoms. The Balaban J connectivity index is 1.37. The fourth-order valence-electron chi connectivity index (χ4n) is 3.41. The van der Waals surface area contributed by atoms with Crippen LogP contribution in [0, 0.1) is 0 Å². The fourth-order valence-corrected chi connectivity index (χ4v) is 3.54. The van der Waals surface area contributed by atoms with Crippen LogP contribution in [0.2, 0.25) is 5.02 Å². The number of hydrogen-bond donors (Lipinski definition) is 3. The molecule has 4 rings (SSSR count). The molecule has 0 aromatic heterocycles. The van der Waals surface area contributed by atoms with Gasteiger partial charge in [-0.15, -0.1) is 0 Å². The molecule has 3 N–H and O–H groups in total. The molecule has 6 amide bonds. The van der Waals surface area contributed by atoms with E-state index in [4.69, 9.17) is 21.1 Å². The predicted molar refractivity (Wildman–Crippen MR) is 114 cm³/mol. The van der Waals surface area contributed by atoms with Crippen molar-refractivity contribution in [1.82, 2.24) is 15.5 Å². The Morgan fingerprint density at radius 3 is 2.50 bits per heavy atom. The summed E-state index contributed by atoms with van der Waals surface area (Å²) < 4.78 is 10.8. The van der Waals surface area contributed by atoms with Crippen molar-refractivity contribution in [2.24, 2.45) is 0 Å². The van der Waals surface area contributed by atoms with Gasteiger partial charge in [-0.1, -0.05) is 23.7 Å². The van der Waals surface area contributed by atoms with Gasteiger partial charge in [-0.2, -0.15) is 0 Å². The van der Waals surface area contributed by atoms with Crippen LogP contribution in [0.25, 0.3) is 0 Å². The molecule has 0 bridgehead atoms. The number of anilines is 1. The SMILES string of the molecule is C[C@]1(c2ccc(Cl)cc2)NC(=O)N(CC(=O)NC(=O)Nc2ccc3c(c2)OCCO3)C1=O. The minimum Gasteiger partial charge on any atom is -0.486 e. The molecule has 2 aromatic rings. The molecule has 2 aromatic carbocycles. The number of carbonyl (C=O) groups excluding carboxylic acids is 4. The zero-order chi connectivity index (χ0) is 22.9. The number of nitrogens with one attached hydrogen (secondary N) is 3. The third-order valence-corrected chi connectivity index (χ3v) is 5.30. The number of fused-ring (bicyclic) bond motifs is 1. The second-order valence-corrected chi connectivity index (χ2v) is 7.75. The molecule has 1 saturated heterocycles. The number of carbonyl (C=O) groups is 4. The van der Waals surface area contributed by atoms with Crippen LogP contribution in [0.3, 0.4) is 0 Å². The summed E-state index contributed by atoms with van der Waals surface area (Å²) in [6, 6.07) is 9.65. The van der Waals surface area contributed by atoms with Crippen molar-refractivity contribution in [2.75, 3.05) is 25.1 Å². The molecule has 11 heteroatoms. The lowest BCUT2D eigenvalue weighted by molar-refractivity contribution is -0.134. The smallest absolute Gasteiger partial charge is 0.325 e. The number of nitrogens with zero attached hydrogens (tertiary/aromatic N) is 1. The van der Waals surface area contributed by atoms with Crippen molar-refractivity contribution in [1.29, 1.82) is 0 Å². The number of benzene rings is 2. The van der Waals surface area contributed by atoms with Gasteiger partial charge in [-0.05, 0) is 36.8 Å². The molecule has 0 aliphatic carbocycles. The van der Waals surface area contributed by atoms with Crippen LogP contribution in [-0.4, -0.2) is 48.5 Å². The van der Waals surface area contributed by atoms with Crippen LogP contribution in [0.5, 0.6) is 11.5 Å². The predicted octanol–water partition coefficient (Wildman–Crippen LogP) is 2.23. The standard InChI is InChI=1S/C21H19ClN4O6/c1-21(12-2-4-13(22)5-3-12)18(28)26(20(30)25-21)11-17(27)24-19(29)23-14-6-7-15-16(10-14)32-9-8-31-15/h2-7,10H,8-9,11H2,1H3,(H,25,30)(H2,23,24,27,29)/t21-/m1/s1. The average molecular weight is 459 g/mol. The van der Waals surface area contributed by atoms with Gasteiger partial charge in [0.15, 0.2) is 11.5 Å². The van der Waals surface area contributed by atoms with E-state index in [9.17, 15) is 19.2 Å². The van der Waals surface area contributed by atoms with Crippen LogP contribution in [-0.2, 0) is 15.1 Å². The second-order valence-electron chi connectivity index (χ2n) is 7.31. The Labute approximate surface area is 187 Å². The van der Waals surface area contributed by atoms with Crippen molar-refractivity contribution < 1.29 is 28.7 Å². The normalized spacial score (nSPS) is 19.4. The van der Waals surface area contributed by atoms with Crippen molar-refractivity contribution in [3.05, 3.63) is 53.1 Å². The van der Waals surface area contributed by atoms with E-state index < -0.39 is 36.0 Å². The Kier molecular flexibility index (Phi) is 5.62. The highest BCUT2D eigenvalue weighted by atomic mass is 35.5. The van der Waals surface area contributed by atoms with E-state index in [1.807, 2.05) is 0 Å². The first-order chi connectivity index (χ1) is 15.3. The topological polar surface area (TPSA) is 126 Å². The molecular formula is C21H19ClN4O6. The summed E-state index contributed by atoms with van der Waals surface area (Å²) >= 11 is 5.88. The zero-order valence-corrected chi connectivity index (χ0v) is 17.7. The van der Waals surface area contributed by atoms with Gasteiger partial charge in [0.05, 0.1) is 0 Å². The van der Waals surface area contributed by atoms with Crippen LogP contribution in [0.1, 0.15) is 12.5 Å². The number of hydrogen-bond acceptors (Lipinski definition) is 6. The lowest BCUT2D eigenvalue weighted by Crippen LogP contribution is -2.45. The number of ether oxygens (including phenoxy) is 2. The maximum absolute atomic E-state index is 12.9. The van der Waals surface area contributed by atoms with E-state index >= 15 is 0 Å². The molecule has 32 heavy (non-hydrogen) atoms. The summed E-state index contributed by atoms with van der Waals surface area (Å²) in [6.45, 7) is 1.74. The highest BCUT2D eigenvalue weighted by molar-refractivity contribution is 6.30. The highest BCUT2D eigenvalue weighted by Crippen LogP contribution is 2.32. The maximum Gasteiger partial charge on any atom is 0.325 e. The van der Waals surface area contributed by atoms with Crippen molar-refractivity contribution in [2.45, 2.75) is 12.5 Å². The largest absolute Gasteiger partial charge is 0.486 e. The number of urea groups is 2. The maximum atomic E-state index is 12.9. The van der Waals surface area contributed by atoms with Gasteiger partial charge in [0.1, 0.15) is 25.3 Å². The minimum atomic E-state index is -1.35. The van der Waals surface area contributed by atoms with E-state index in [-0.39, 0.29) is 0 Å². The summed E-state index contributed by atoms with van der Waals surface area (Å²) in [4.78, 5) is 50.5. The van der Waals surface area contributed by atoms with Gasteiger partial charge in [0.2, 0.25) is 5.91 Å². The number of amides is 6. The van der Waals surface area contributed by atoms with E-state index in [1.54, 1.807) is 42.5 Å². The summed E-state index contributed by atoms with van der Waals surface area (Å²) in [7, 11) is 0. The van der Waals surface area contributed by atoms with Gasteiger partial charge in [0, 0.05) is 16.8 Å². The summed E-state index contributed by atoms with van der Waals surface area (Å²) in [5.74, 6) is -0.419. The van der Waals surface area contributed by atoms with Crippen LogP contribution >= 0.6 is 11.6 Å². The molecule has 2 aliphatic rings. The van der Waals surface area contributed by atoms with E-state index in [0.717, 1.165) is 4.90 Å². The van der Waals surface area contributed by atoms with Gasteiger partial charge in [-0.3, -0.25) is 19.8 Å². The minimum absolute atomic E-state index is 0.379. The third-order valence-electron chi connectivity index (χ3n) is 5.05. The molecule has 166 valence electrons. The number of rotatable bonds is 4. The molecule has 2 heterocycles. The first-order valence-electron chi connectivity index (χ1n) is 9.67. The highest BCUT2D eigenvalue weighted by Gasteiger charge is 2.49. The molecule has 1 fully saturated rings. The summed E-state index contributed by atoms with van der Waals surface area (Å²) in [5, 5.41) is 7.66. The lowest BCUT2D eigenvalue weighted by atomic mass is 9.92. The summed E-state index contributed by atoms with van der Waals surface area (Å²) in [6.07, 6.45) is 0. The van der Waals surface area contributed by atoms with E-state index in [1.165, 1.54) is 6.92 Å². The second kappa shape index (κ2) is 8.39. The Bertz CT molecular complexity index is 1110. The van der Waals surface area contributed by atoms with Crippen molar-refractivity contribution >= 4 is 41.2 Å². The van der Waals surface area contributed by atoms with Crippen molar-refractivity contribution in [3.63, 3.8) is 0 Å². The van der Waals surface area contributed by atoms with Gasteiger partial charge >= 0.3 is 12.1 Å². The zero-order valence-electron chi connectivity index (χ0n) is 16.9. The first kappa shape index (κ1) is 21.4. The quantitative estimate of drug-likeness (QED) is 0.603. The Morgan fingerprint density at radius 2 is 1.78 bits per heavy atom. The molecule has 0 radical (unpaired) electrons.